The van der Waals surface area contributed by atoms with E-state index in [9.17, 15) is 4.79 Å². The predicted molar refractivity (Wildman–Crippen MR) is 115 cm³/mol. The number of anilines is 1. The van der Waals surface area contributed by atoms with Gasteiger partial charge in [0.05, 0.1) is 5.56 Å². The van der Waals surface area contributed by atoms with Crippen LogP contribution in [0.15, 0.2) is 51.3 Å². The quantitative estimate of drug-likeness (QED) is 0.252. The van der Waals surface area contributed by atoms with E-state index in [0.29, 0.717) is 10.7 Å². The molecule has 0 aliphatic heterocycles. The molecule has 3 rings (SSSR count). The van der Waals surface area contributed by atoms with Crippen molar-refractivity contribution in [1.82, 2.24) is 10.2 Å². The van der Waals surface area contributed by atoms with E-state index < -0.39 is 0 Å². The van der Waals surface area contributed by atoms with E-state index in [1.807, 2.05) is 37.3 Å². The molecule has 1 N–H and O–H groups in total. The lowest BCUT2D eigenvalue weighted by molar-refractivity contribution is 0.102. The number of carbonyl (C=O) groups excluding carboxylic acids is 1. The van der Waals surface area contributed by atoms with Gasteiger partial charge in [-0.3, -0.25) is 10.1 Å². The Kier molecular flexibility index (Phi) is 6.48. The van der Waals surface area contributed by atoms with Gasteiger partial charge in [0.25, 0.3) is 5.91 Å². The fraction of sp³-hybridized carbons (Fsp3) is 0.118. The lowest BCUT2D eigenvalue weighted by atomic mass is 10.1. The molecular formula is C17H13BrIN3OS2. The summed E-state index contributed by atoms with van der Waals surface area (Å²) in [6.45, 7) is 2.00. The molecule has 2 aromatic carbocycles. The monoisotopic (exact) mass is 545 g/mol. The van der Waals surface area contributed by atoms with Gasteiger partial charge in [0.15, 0.2) is 4.34 Å². The topological polar surface area (TPSA) is 54.9 Å². The van der Waals surface area contributed by atoms with E-state index in [1.54, 1.807) is 11.8 Å². The maximum absolute atomic E-state index is 12.4. The smallest absolute Gasteiger partial charge is 0.258 e. The second-order valence-electron chi connectivity index (χ2n) is 5.23. The lowest BCUT2D eigenvalue weighted by Crippen LogP contribution is -2.13. The van der Waals surface area contributed by atoms with Crippen molar-refractivity contribution in [3.8, 4) is 0 Å². The van der Waals surface area contributed by atoms with Gasteiger partial charge in [-0.1, -0.05) is 62.8 Å². The van der Waals surface area contributed by atoms with Crippen LogP contribution in [0.25, 0.3) is 0 Å². The molecule has 1 amide bonds. The molecule has 0 bridgehead atoms. The molecule has 0 unspecified atom stereocenters. The Labute approximate surface area is 176 Å². The van der Waals surface area contributed by atoms with E-state index in [1.165, 1.54) is 16.9 Å². The Morgan fingerprint density at radius 2 is 2.00 bits per heavy atom. The second kappa shape index (κ2) is 8.61. The molecule has 0 saturated heterocycles. The Morgan fingerprint density at radius 1 is 1.24 bits per heavy atom. The fourth-order valence-corrected chi connectivity index (χ4v) is 4.90. The Bertz CT molecular complexity index is 899. The van der Waals surface area contributed by atoms with Gasteiger partial charge in [0.2, 0.25) is 5.13 Å². The molecule has 128 valence electrons. The Hall–Kier alpha value is -0.970. The molecular weight excluding hydrogens is 533 g/mol. The summed E-state index contributed by atoms with van der Waals surface area (Å²) < 4.78 is 2.81. The van der Waals surface area contributed by atoms with Crippen molar-refractivity contribution in [2.24, 2.45) is 0 Å². The first-order chi connectivity index (χ1) is 12.0. The van der Waals surface area contributed by atoms with Crippen LogP contribution >= 0.6 is 61.6 Å². The number of rotatable bonds is 5. The summed E-state index contributed by atoms with van der Waals surface area (Å²) in [6, 6.07) is 13.9. The van der Waals surface area contributed by atoms with Crippen LogP contribution in [0.1, 0.15) is 21.5 Å². The Balaban J connectivity index is 1.61. The van der Waals surface area contributed by atoms with E-state index >= 15 is 0 Å². The molecule has 0 saturated carbocycles. The first kappa shape index (κ1) is 18.8. The van der Waals surface area contributed by atoms with Gasteiger partial charge in [-0.05, 0) is 59.3 Å². The minimum Gasteiger partial charge on any atom is -0.296 e. The number of aryl methyl sites for hydroxylation is 1. The number of hydrogen-bond acceptors (Lipinski definition) is 5. The first-order valence-corrected chi connectivity index (χ1v) is 11.0. The fourth-order valence-electron chi connectivity index (χ4n) is 2.01. The van der Waals surface area contributed by atoms with Crippen molar-refractivity contribution < 1.29 is 4.79 Å². The highest BCUT2D eigenvalue weighted by Gasteiger charge is 2.13. The molecule has 0 aliphatic rings. The average molecular weight is 546 g/mol. The van der Waals surface area contributed by atoms with Crippen molar-refractivity contribution >= 4 is 72.7 Å². The van der Waals surface area contributed by atoms with Crippen LogP contribution in [-0.4, -0.2) is 16.1 Å². The molecule has 4 nitrogen and oxygen atoms in total. The number of nitrogens with one attached hydrogen (secondary N) is 1. The van der Waals surface area contributed by atoms with E-state index in [4.69, 9.17) is 0 Å². The van der Waals surface area contributed by atoms with Crippen molar-refractivity contribution in [3.63, 3.8) is 0 Å². The summed E-state index contributed by atoms with van der Waals surface area (Å²) in [5, 5.41) is 11.5. The molecule has 8 heteroatoms. The number of benzene rings is 2. The molecule has 25 heavy (non-hydrogen) atoms. The second-order valence-corrected chi connectivity index (χ2v) is 9.50. The zero-order chi connectivity index (χ0) is 17.8. The molecule has 0 aliphatic carbocycles. The zero-order valence-corrected chi connectivity index (χ0v) is 18.5. The first-order valence-electron chi connectivity index (χ1n) is 7.29. The minimum atomic E-state index is -0.162. The third-order valence-electron chi connectivity index (χ3n) is 3.27. The van der Waals surface area contributed by atoms with Crippen LogP contribution in [0.3, 0.4) is 0 Å². The van der Waals surface area contributed by atoms with Crippen molar-refractivity contribution in [1.29, 1.82) is 0 Å². The predicted octanol–water partition coefficient (Wildman–Crippen LogP) is 5.76. The molecule has 3 aromatic rings. The number of thioether (sulfide) groups is 1. The maximum atomic E-state index is 12.4. The summed E-state index contributed by atoms with van der Waals surface area (Å²) in [4.78, 5) is 12.4. The third kappa shape index (κ3) is 5.25. The summed E-state index contributed by atoms with van der Waals surface area (Å²) in [6.07, 6.45) is 0. The van der Waals surface area contributed by atoms with Crippen molar-refractivity contribution in [2.75, 3.05) is 5.32 Å². The van der Waals surface area contributed by atoms with Crippen molar-refractivity contribution in [3.05, 3.63) is 67.2 Å². The van der Waals surface area contributed by atoms with Gasteiger partial charge in [0, 0.05) is 13.8 Å². The highest BCUT2D eigenvalue weighted by Crippen LogP contribution is 2.29. The molecule has 1 aromatic heterocycles. The van der Waals surface area contributed by atoms with Gasteiger partial charge in [0.1, 0.15) is 0 Å². The van der Waals surface area contributed by atoms with Crippen molar-refractivity contribution in [2.45, 2.75) is 17.0 Å². The highest BCUT2D eigenvalue weighted by molar-refractivity contribution is 14.1. The zero-order valence-electron chi connectivity index (χ0n) is 13.1. The van der Waals surface area contributed by atoms with Gasteiger partial charge in [-0.15, -0.1) is 10.2 Å². The SMILES string of the molecule is Cc1ccc(C(=O)Nc2nnc(SCc3ccc(Br)cc3)s2)c(I)c1. The molecule has 1 heterocycles. The molecule has 0 spiro atoms. The number of carbonyl (C=O) groups is 1. The number of amides is 1. The van der Waals surface area contributed by atoms with Crippen LogP contribution in [-0.2, 0) is 5.75 Å². The van der Waals surface area contributed by atoms with E-state index in [0.717, 1.165) is 23.7 Å². The summed E-state index contributed by atoms with van der Waals surface area (Å²) in [5.74, 6) is 0.649. The number of aromatic nitrogens is 2. The summed E-state index contributed by atoms with van der Waals surface area (Å²) >= 11 is 8.59. The molecule has 0 radical (unpaired) electrons. The van der Waals surface area contributed by atoms with Crippen LogP contribution < -0.4 is 5.32 Å². The minimum absolute atomic E-state index is 0.162. The number of halogens is 2. The highest BCUT2D eigenvalue weighted by atomic mass is 127. The van der Waals surface area contributed by atoms with Crippen LogP contribution in [0.2, 0.25) is 0 Å². The maximum Gasteiger partial charge on any atom is 0.258 e. The van der Waals surface area contributed by atoms with Crippen LogP contribution in [0.4, 0.5) is 5.13 Å². The van der Waals surface area contributed by atoms with Crippen LogP contribution in [0.5, 0.6) is 0 Å². The van der Waals surface area contributed by atoms with Gasteiger partial charge in [-0.2, -0.15) is 0 Å². The molecule has 0 fully saturated rings. The third-order valence-corrected chi connectivity index (χ3v) is 6.74. The van der Waals surface area contributed by atoms with Crippen LogP contribution in [0, 0.1) is 10.5 Å². The average Bonchev–Trinajstić information content (AvgIpc) is 3.01. The largest absolute Gasteiger partial charge is 0.296 e. The molecule has 0 atom stereocenters. The van der Waals surface area contributed by atoms with E-state index in [2.05, 4.69) is 66.2 Å². The summed E-state index contributed by atoms with van der Waals surface area (Å²) in [5.41, 5.74) is 2.98. The summed E-state index contributed by atoms with van der Waals surface area (Å²) in [7, 11) is 0. The Morgan fingerprint density at radius 3 is 2.72 bits per heavy atom. The van der Waals surface area contributed by atoms with Gasteiger partial charge < -0.3 is 0 Å². The van der Waals surface area contributed by atoms with Gasteiger partial charge in [-0.25, -0.2) is 0 Å². The lowest BCUT2D eigenvalue weighted by Gasteiger charge is -2.04. The standard InChI is InChI=1S/C17H13BrIN3OS2/c1-10-2-7-13(14(19)8-10)15(23)20-16-21-22-17(25-16)24-9-11-3-5-12(18)6-4-11/h2-8H,9H2,1H3,(H,20,21,23). The number of hydrogen-bond donors (Lipinski definition) is 1. The number of nitrogens with zero attached hydrogens (tertiary/aromatic N) is 2. The van der Waals surface area contributed by atoms with Gasteiger partial charge >= 0.3 is 0 Å². The van der Waals surface area contributed by atoms with E-state index in [-0.39, 0.29) is 5.91 Å². The normalized spacial score (nSPS) is 10.7.